The van der Waals surface area contributed by atoms with Crippen molar-refractivity contribution in [2.45, 2.75) is 0 Å². The highest BCUT2D eigenvalue weighted by Crippen LogP contribution is 2.39. The lowest BCUT2D eigenvalue weighted by molar-refractivity contribution is 1.48. The van der Waals surface area contributed by atoms with Crippen molar-refractivity contribution >= 4 is 53.9 Å². The van der Waals surface area contributed by atoms with Crippen LogP contribution in [0.1, 0.15) is 0 Å². The van der Waals surface area contributed by atoms with Gasteiger partial charge in [0.15, 0.2) is 0 Å². The largest absolute Gasteiger partial charge is 0.236 e. The molecule has 0 aliphatic rings. The molecule has 0 saturated heterocycles. The molecule has 1 heterocycles. The highest BCUT2D eigenvalue weighted by molar-refractivity contribution is 7.22. The fourth-order valence-corrected chi connectivity index (χ4v) is 5.91. The first-order valence-electron chi connectivity index (χ1n) is 11.1. The summed E-state index contributed by atoms with van der Waals surface area (Å²) in [6.45, 7) is 0. The van der Waals surface area contributed by atoms with E-state index in [0.717, 1.165) is 10.5 Å². The minimum atomic E-state index is 1.06. The number of hydrogen-bond donors (Lipinski definition) is 0. The molecule has 6 aromatic carbocycles. The summed E-state index contributed by atoms with van der Waals surface area (Å²) in [5, 5.41) is 8.71. The van der Waals surface area contributed by atoms with Gasteiger partial charge in [-0.1, -0.05) is 97.1 Å². The molecular weight excluding hydrogens is 418 g/mol. The van der Waals surface area contributed by atoms with Crippen LogP contribution in [0.2, 0.25) is 0 Å². The van der Waals surface area contributed by atoms with E-state index in [9.17, 15) is 0 Å². The van der Waals surface area contributed by atoms with Gasteiger partial charge in [0.05, 0.1) is 10.2 Å². The summed E-state index contributed by atoms with van der Waals surface area (Å²) in [6, 6.07) is 41.4. The maximum absolute atomic E-state index is 4.97. The zero-order chi connectivity index (χ0) is 21.8. The highest BCUT2D eigenvalue weighted by atomic mass is 32.1. The molecule has 33 heavy (non-hydrogen) atoms. The molecular formula is C31H19NS. The van der Waals surface area contributed by atoms with Crippen molar-refractivity contribution in [3.63, 3.8) is 0 Å². The monoisotopic (exact) mass is 437 g/mol. The van der Waals surface area contributed by atoms with Crippen molar-refractivity contribution < 1.29 is 0 Å². The van der Waals surface area contributed by atoms with Crippen molar-refractivity contribution in [2.24, 2.45) is 0 Å². The summed E-state index contributed by atoms with van der Waals surface area (Å²) in [5.41, 5.74) is 4.72. The number of fused-ring (bicyclic) bond motifs is 6. The molecule has 0 unspecified atom stereocenters. The molecule has 0 aliphatic heterocycles. The van der Waals surface area contributed by atoms with Crippen molar-refractivity contribution in [2.75, 3.05) is 0 Å². The molecule has 0 saturated carbocycles. The topological polar surface area (TPSA) is 12.9 Å². The van der Waals surface area contributed by atoms with Crippen molar-refractivity contribution in [1.29, 1.82) is 0 Å². The van der Waals surface area contributed by atoms with E-state index in [0.29, 0.717) is 0 Å². The Balaban J connectivity index is 1.49. The molecule has 0 amide bonds. The Kier molecular flexibility index (Phi) is 4.08. The second-order valence-electron chi connectivity index (χ2n) is 8.46. The van der Waals surface area contributed by atoms with Crippen LogP contribution >= 0.6 is 11.3 Å². The van der Waals surface area contributed by atoms with E-state index in [2.05, 4.69) is 109 Å². The molecule has 7 aromatic rings. The van der Waals surface area contributed by atoms with Crippen LogP contribution in [0.4, 0.5) is 0 Å². The number of benzene rings is 6. The van der Waals surface area contributed by atoms with Gasteiger partial charge >= 0.3 is 0 Å². The number of thiazole rings is 1. The minimum Gasteiger partial charge on any atom is -0.236 e. The summed E-state index contributed by atoms with van der Waals surface area (Å²) >= 11 is 1.79. The smallest absolute Gasteiger partial charge is 0.124 e. The SMILES string of the molecule is c1ccc(-c2nc3ccc4ccc5ccc(-c6ccc7ccccc7c6)cc5c4c3s2)cc1. The Labute approximate surface area is 195 Å². The lowest BCUT2D eigenvalue weighted by Gasteiger charge is -2.09. The molecule has 0 N–H and O–H groups in total. The second kappa shape index (κ2) is 7.26. The lowest BCUT2D eigenvalue weighted by atomic mass is 9.96. The molecule has 2 heteroatoms. The molecule has 0 fully saturated rings. The Morgan fingerprint density at radius 3 is 2.03 bits per heavy atom. The fraction of sp³-hybridized carbons (Fsp3) is 0. The maximum Gasteiger partial charge on any atom is 0.124 e. The molecule has 154 valence electrons. The normalized spacial score (nSPS) is 11.6. The van der Waals surface area contributed by atoms with Gasteiger partial charge in [-0.25, -0.2) is 4.98 Å². The van der Waals surface area contributed by atoms with E-state index >= 15 is 0 Å². The van der Waals surface area contributed by atoms with Gasteiger partial charge in [0.25, 0.3) is 0 Å². The number of rotatable bonds is 2. The van der Waals surface area contributed by atoms with Crippen LogP contribution < -0.4 is 0 Å². The molecule has 1 nitrogen and oxygen atoms in total. The van der Waals surface area contributed by atoms with Crippen LogP contribution in [-0.4, -0.2) is 4.98 Å². The van der Waals surface area contributed by atoms with Crippen molar-refractivity contribution in [3.8, 4) is 21.7 Å². The quantitative estimate of drug-likeness (QED) is 0.246. The Hall–Kier alpha value is -4.01. The van der Waals surface area contributed by atoms with Crippen LogP contribution in [-0.2, 0) is 0 Å². The van der Waals surface area contributed by atoms with Gasteiger partial charge in [-0.3, -0.25) is 0 Å². The van der Waals surface area contributed by atoms with E-state index in [-0.39, 0.29) is 0 Å². The van der Waals surface area contributed by atoms with Gasteiger partial charge in [0.1, 0.15) is 5.01 Å². The van der Waals surface area contributed by atoms with Gasteiger partial charge in [-0.05, 0) is 56.3 Å². The van der Waals surface area contributed by atoms with Crippen LogP contribution in [0.3, 0.4) is 0 Å². The average Bonchev–Trinajstić information content (AvgIpc) is 3.33. The molecule has 0 aliphatic carbocycles. The Bertz CT molecular complexity index is 1810. The summed E-state index contributed by atoms with van der Waals surface area (Å²) in [6.07, 6.45) is 0. The van der Waals surface area contributed by atoms with Crippen molar-refractivity contribution in [1.82, 2.24) is 4.98 Å². The third kappa shape index (κ3) is 3.03. The fourth-order valence-electron chi connectivity index (χ4n) is 4.77. The van der Waals surface area contributed by atoms with Gasteiger partial charge in [0, 0.05) is 10.9 Å². The van der Waals surface area contributed by atoms with Crippen LogP contribution in [0.25, 0.3) is 64.2 Å². The standard InChI is InChI=1S/C31H19NS/c1-2-7-23(8-3-1)31-32-28-17-16-22-13-11-21-12-15-26(19-27(21)29(22)30(28)33-31)25-14-10-20-6-4-5-9-24(20)18-25/h1-19H. The van der Waals surface area contributed by atoms with Crippen LogP contribution in [0.15, 0.2) is 115 Å². The average molecular weight is 438 g/mol. The number of nitrogens with zero attached hydrogens (tertiary/aromatic N) is 1. The highest BCUT2D eigenvalue weighted by Gasteiger charge is 2.12. The molecule has 7 rings (SSSR count). The van der Waals surface area contributed by atoms with E-state index in [4.69, 9.17) is 4.98 Å². The number of aromatic nitrogens is 1. The zero-order valence-electron chi connectivity index (χ0n) is 17.8. The molecule has 0 radical (unpaired) electrons. The first-order valence-corrected chi connectivity index (χ1v) is 12.0. The Morgan fingerprint density at radius 2 is 1.15 bits per heavy atom. The van der Waals surface area contributed by atoms with E-state index in [1.54, 1.807) is 11.3 Å². The van der Waals surface area contributed by atoms with Crippen LogP contribution in [0, 0.1) is 0 Å². The van der Waals surface area contributed by atoms with E-state index in [1.165, 1.54) is 53.7 Å². The molecule has 0 atom stereocenters. The van der Waals surface area contributed by atoms with E-state index < -0.39 is 0 Å². The van der Waals surface area contributed by atoms with Gasteiger partial charge in [-0.2, -0.15) is 0 Å². The maximum atomic E-state index is 4.97. The molecule has 1 aromatic heterocycles. The summed E-state index contributed by atoms with van der Waals surface area (Å²) in [7, 11) is 0. The van der Waals surface area contributed by atoms with Gasteiger partial charge < -0.3 is 0 Å². The summed E-state index contributed by atoms with van der Waals surface area (Å²) in [5.74, 6) is 0. The minimum absolute atomic E-state index is 1.06. The van der Waals surface area contributed by atoms with Gasteiger partial charge in [-0.15, -0.1) is 11.3 Å². The van der Waals surface area contributed by atoms with Gasteiger partial charge in [0.2, 0.25) is 0 Å². The summed E-state index contributed by atoms with van der Waals surface area (Å²) in [4.78, 5) is 4.97. The third-order valence-corrected chi connectivity index (χ3v) is 7.60. The predicted octanol–water partition coefficient (Wildman–Crippen LogP) is 9.09. The molecule has 0 spiro atoms. The first kappa shape index (κ1) is 18.6. The third-order valence-electron chi connectivity index (χ3n) is 6.46. The van der Waals surface area contributed by atoms with E-state index in [1.807, 2.05) is 6.07 Å². The van der Waals surface area contributed by atoms with Crippen LogP contribution in [0.5, 0.6) is 0 Å². The second-order valence-corrected chi connectivity index (χ2v) is 9.46. The number of hydrogen-bond acceptors (Lipinski definition) is 2. The zero-order valence-corrected chi connectivity index (χ0v) is 18.6. The van der Waals surface area contributed by atoms with Crippen molar-refractivity contribution in [3.05, 3.63) is 115 Å². The predicted molar refractivity (Wildman–Crippen MR) is 143 cm³/mol. The lowest BCUT2D eigenvalue weighted by Crippen LogP contribution is -1.83. The first-order chi connectivity index (χ1) is 16.3. The Morgan fingerprint density at radius 1 is 0.485 bits per heavy atom. The summed E-state index contributed by atoms with van der Waals surface area (Å²) < 4.78 is 1.26. The molecule has 0 bridgehead atoms.